The molecule has 6 heteroatoms. The lowest BCUT2D eigenvalue weighted by Crippen LogP contribution is -2.52. The maximum absolute atomic E-state index is 13.2. The van der Waals surface area contributed by atoms with E-state index in [9.17, 15) is 13.2 Å². The standard InChI is InChI=1S/C18H26N2O3S/c1-2-15-6-3-4-7-16(15)24(22,23)20-11-5-10-18(13-20,17(19)21)12-14-8-9-14/h3-4,6-7,14H,2,5,8-13H2,1H3,(H2,19,21). The second kappa shape index (κ2) is 6.48. The normalized spacial score (nSPS) is 25.5. The molecule has 1 atom stereocenters. The Morgan fingerprint density at radius 1 is 1.33 bits per heavy atom. The topological polar surface area (TPSA) is 80.5 Å². The predicted octanol–water partition coefficient (Wildman–Crippen LogP) is 2.31. The van der Waals surface area contributed by atoms with Crippen molar-refractivity contribution in [3.8, 4) is 0 Å². The summed E-state index contributed by atoms with van der Waals surface area (Å²) in [6.45, 7) is 2.63. The monoisotopic (exact) mass is 350 g/mol. The molecule has 1 aromatic carbocycles. The Bertz CT molecular complexity index is 728. The molecule has 2 fully saturated rings. The minimum absolute atomic E-state index is 0.221. The van der Waals surface area contributed by atoms with Gasteiger partial charge in [0.1, 0.15) is 0 Å². The van der Waals surface area contributed by atoms with Gasteiger partial charge in [0.2, 0.25) is 15.9 Å². The van der Waals surface area contributed by atoms with Gasteiger partial charge in [0, 0.05) is 13.1 Å². The lowest BCUT2D eigenvalue weighted by Gasteiger charge is -2.40. The van der Waals surface area contributed by atoms with Crippen LogP contribution in [-0.4, -0.2) is 31.7 Å². The van der Waals surface area contributed by atoms with Crippen molar-refractivity contribution in [1.82, 2.24) is 4.31 Å². The van der Waals surface area contributed by atoms with Crippen LogP contribution in [-0.2, 0) is 21.2 Å². The summed E-state index contributed by atoms with van der Waals surface area (Å²) in [5, 5.41) is 0. The highest BCUT2D eigenvalue weighted by atomic mass is 32.2. The summed E-state index contributed by atoms with van der Waals surface area (Å²) in [7, 11) is -3.60. The number of carbonyl (C=O) groups excluding carboxylic acids is 1. The zero-order valence-electron chi connectivity index (χ0n) is 14.2. The van der Waals surface area contributed by atoms with Crippen molar-refractivity contribution in [2.45, 2.75) is 50.3 Å². The van der Waals surface area contributed by atoms with Gasteiger partial charge >= 0.3 is 0 Å². The van der Waals surface area contributed by atoms with Crippen LogP contribution in [0.25, 0.3) is 0 Å². The zero-order chi connectivity index (χ0) is 17.4. The molecule has 0 spiro atoms. The smallest absolute Gasteiger partial charge is 0.243 e. The second-order valence-electron chi connectivity index (χ2n) is 7.20. The number of primary amides is 1. The number of nitrogens with two attached hydrogens (primary N) is 1. The molecule has 1 saturated heterocycles. The molecule has 1 unspecified atom stereocenters. The molecule has 1 aromatic rings. The Balaban J connectivity index is 1.91. The fourth-order valence-electron chi connectivity index (χ4n) is 3.82. The molecule has 0 bridgehead atoms. The highest BCUT2D eigenvalue weighted by Crippen LogP contribution is 2.45. The van der Waals surface area contributed by atoms with Crippen LogP contribution in [0.4, 0.5) is 0 Å². The van der Waals surface area contributed by atoms with Crippen molar-refractivity contribution in [2.24, 2.45) is 17.1 Å². The second-order valence-corrected chi connectivity index (χ2v) is 9.10. The predicted molar refractivity (Wildman–Crippen MR) is 92.8 cm³/mol. The molecule has 2 N–H and O–H groups in total. The average molecular weight is 350 g/mol. The Kier molecular flexibility index (Phi) is 4.71. The highest BCUT2D eigenvalue weighted by Gasteiger charge is 2.47. The quantitative estimate of drug-likeness (QED) is 0.855. The number of rotatable bonds is 6. The highest BCUT2D eigenvalue weighted by molar-refractivity contribution is 7.89. The molecular weight excluding hydrogens is 324 g/mol. The molecule has 1 aliphatic heterocycles. The van der Waals surface area contributed by atoms with Gasteiger partial charge in [-0.25, -0.2) is 8.42 Å². The Morgan fingerprint density at radius 3 is 2.67 bits per heavy atom. The maximum Gasteiger partial charge on any atom is 0.243 e. The van der Waals surface area contributed by atoms with E-state index in [1.807, 2.05) is 19.1 Å². The van der Waals surface area contributed by atoms with Crippen LogP contribution in [0, 0.1) is 11.3 Å². The van der Waals surface area contributed by atoms with Crippen LogP contribution >= 0.6 is 0 Å². The van der Waals surface area contributed by atoms with Gasteiger partial charge in [-0.15, -0.1) is 0 Å². The maximum atomic E-state index is 13.2. The number of sulfonamides is 1. The van der Waals surface area contributed by atoms with Crippen LogP contribution in [0.15, 0.2) is 29.2 Å². The van der Waals surface area contributed by atoms with E-state index in [0.717, 1.165) is 24.8 Å². The molecule has 0 radical (unpaired) electrons. The van der Waals surface area contributed by atoms with E-state index in [-0.39, 0.29) is 12.5 Å². The summed E-state index contributed by atoms with van der Waals surface area (Å²) in [6, 6.07) is 7.12. The van der Waals surface area contributed by atoms with E-state index >= 15 is 0 Å². The summed E-state index contributed by atoms with van der Waals surface area (Å²) in [5.41, 5.74) is 5.83. The van der Waals surface area contributed by atoms with Gasteiger partial charge in [0.25, 0.3) is 0 Å². The fraction of sp³-hybridized carbons (Fsp3) is 0.611. The Morgan fingerprint density at radius 2 is 2.04 bits per heavy atom. The minimum atomic E-state index is -3.60. The number of hydrogen-bond donors (Lipinski definition) is 1. The number of hydrogen-bond acceptors (Lipinski definition) is 3. The molecule has 1 saturated carbocycles. The SMILES string of the molecule is CCc1ccccc1S(=O)(=O)N1CCCC(CC2CC2)(C(N)=O)C1. The van der Waals surface area contributed by atoms with Crippen LogP contribution in [0.5, 0.6) is 0 Å². The first-order valence-corrected chi connectivity index (χ1v) is 10.2. The molecule has 2 aliphatic rings. The van der Waals surface area contributed by atoms with E-state index in [0.29, 0.717) is 36.6 Å². The number of amides is 1. The lowest BCUT2D eigenvalue weighted by molar-refractivity contribution is -0.130. The average Bonchev–Trinajstić information content (AvgIpc) is 3.38. The van der Waals surface area contributed by atoms with E-state index in [4.69, 9.17) is 5.73 Å². The van der Waals surface area contributed by atoms with Gasteiger partial charge in [-0.05, 0) is 43.2 Å². The third-order valence-electron chi connectivity index (χ3n) is 5.41. The van der Waals surface area contributed by atoms with Gasteiger partial charge in [0.15, 0.2) is 0 Å². The first-order valence-electron chi connectivity index (χ1n) is 8.77. The van der Waals surface area contributed by atoms with Crippen LogP contribution in [0.1, 0.15) is 44.6 Å². The van der Waals surface area contributed by atoms with Crippen molar-refractivity contribution in [1.29, 1.82) is 0 Å². The number of aryl methyl sites for hydroxylation is 1. The van der Waals surface area contributed by atoms with Gasteiger partial charge in [-0.3, -0.25) is 4.79 Å². The molecule has 1 heterocycles. The van der Waals surface area contributed by atoms with Crippen LogP contribution in [0.3, 0.4) is 0 Å². The van der Waals surface area contributed by atoms with Gasteiger partial charge in [-0.2, -0.15) is 4.31 Å². The number of nitrogens with zero attached hydrogens (tertiary/aromatic N) is 1. The van der Waals surface area contributed by atoms with E-state index in [2.05, 4.69) is 0 Å². The number of piperidine rings is 1. The van der Waals surface area contributed by atoms with Crippen molar-refractivity contribution in [2.75, 3.05) is 13.1 Å². The van der Waals surface area contributed by atoms with Crippen molar-refractivity contribution >= 4 is 15.9 Å². The largest absolute Gasteiger partial charge is 0.369 e. The van der Waals surface area contributed by atoms with Crippen LogP contribution < -0.4 is 5.73 Å². The summed E-state index contributed by atoms with van der Waals surface area (Å²) in [5.74, 6) is 0.182. The Hall–Kier alpha value is -1.40. The third-order valence-corrected chi connectivity index (χ3v) is 7.36. The van der Waals surface area contributed by atoms with Crippen molar-refractivity contribution in [3.63, 3.8) is 0 Å². The first-order chi connectivity index (χ1) is 11.4. The molecule has 0 aromatic heterocycles. The lowest BCUT2D eigenvalue weighted by atomic mass is 9.75. The van der Waals surface area contributed by atoms with E-state index in [1.54, 1.807) is 12.1 Å². The molecule has 5 nitrogen and oxygen atoms in total. The number of benzene rings is 1. The summed E-state index contributed by atoms with van der Waals surface area (Å²) >= 11 is 0. The Labute approximate surface area is 144 Å². The molecule has 1 aliphatic carbocycles. The van der Waals surface area contributed by atoms with E-state index in [1.165, 1.54) is 4.31 Å². The number of carbonyl (C=O) groups is 1. The minimum Gasteiger partial charge on any atom is -0.369 e. The third kappa shape index (κ3) is 3.22. The molecular formula is C18H26N2O3S. The van der Waals surface area contributed by atoms with Crippen LogP contribution in [0.2, 0.25) is 0 Å². The zero-order valence-corrected chi connectivity index (χ0v) is 15.0. The van der Waals surface area contributed by atoms with Gasteiger partial charge < -0.3 is 5.73 Å². The summed E-state index contributed by atoms with van der Waals surface area (Å²) in [6.07, 6.45) is 5.01. The van der Waals surface area contributed by atoms with Crippen molar-refractivity contribution in [3.05, 3.63) is 29.8 Å². The molecule has 1 amide bonds. The first kappa shape index (κ1) is 17.4. The molecule has 24 heavy (non-hydrogen) atoms. The van der Waals surface area contributed by atoms with E-state index < -0.39 is 15.4 Å². The molecule has 132 valence electrons. The fourth-order valence-corrected chi connectivity index (χ4v) is 5.68. The van der Waals surface area contributed by atoms with Gasteiger partial charge in [0.05, 0.1) is 10.3 Å². The summed E-state index contributed by atoms with van der Waals surface area (Å²) < 4.78 is 27.8. The summed E-state index contributed by atoms with van der Waals surface area (Å²) in [4.78, 5) is 12.5. The van der Waals surface area contributed by atoms with Crippen molar-refractivity contribution < 1.29 is 13.2 Å². The van der Waals surface area contributed by atoms with Gasteiger partial charge in [-0.1, -0.05) is 38.0 Å². The molecule has 3 rings (SSSR count).